The minimum Gasteiger partial charge on any atom is -0.544 e. The molecule has 3 rings (SSSR count). The summed E-state index contributed by atoms with van der Waals surface area (Å²) in [4.78, 5) is 27.7. The van der Waals surface area contributed by atoms with Crippen LogP contribution >= 0.6 is 11.8 Å². The maximum absolute atomic E-state index is 11.9. The largest absolute Gasteiger partial charge is 0.544 e. The maximum atomic E-state index is 11.9. The molecule has 9 heteroatoms. The Kier molecular flexibility index (Phi) is 6.15. The molecule has 0 saturated carbocycles. The summed E-state index contributed by atoms with van der Waals surface area (Å²) in [5.74, 6) is -1.01. The molecule has 8 nitrogen and oxygen atoms in total. The summed E-state index contributed by atoms with van der Waals surface area (Å²) >= 11 is 0.912. The summed E-state index contributed by atoms with van der Waals surface area (Å²) in [6, 6.07) is 7.43. The van der Waals surface area contributed by atoms with Crippen molar-refractivity contribution in [2.75, 3.05) is 6.61 Å². The highest BCUT2D eigenvalue weighted by molar-refractivity contribution is 8.04. The number of aromatic amines is 1. The molecule has 0 fully saturated rings. The maximum Gasteiger partial charge on any atom is 0.325 e. The van der Waals surface area contributed by atoms with Crippen LogP contribution in [0.5, 0.6) is 0 Å². The van der Waals surface area contributed by atoms with E-state index in [1.165, 1.54) is 6.08 Å². The molecule has 0 bridgehead atoms. The number of carboxylic acids is 1. The molecular formula is C19H19N4O4S-. The average Bonchev–Trinajstić information content (AvgIpc) is 3.26. The normalized spacial score (nSPS) is 11.7. The lowest BCUT2D eigenvalue weighted by atomic mass is 10.1. The molecule has 1 aromatic carbocycles. The van der Waals surface area contributed by atoms with Crippen LogP contribution in [0.15, 0.2) is 40.5 Å². The first-order chi connectivity index (χ1) is 13.5. The third-order valence-electron chi connectivity index (χ3n) is 3.96. The lowest BCUT2D eigenvalue weighted by molar-refractivity contribution is -0.298. The Morgan fingerprint density at radius 1 is 1.32 bits per heavy atom. The van der Waals surface area contributed by atoms with Crippen molar-refractivity contribution in [3.8, 4) is 0 Å². The van der Waals surface area contributed by atoms with Crippen LogP contribution in [0.25, 0.3) is 17.0 Å². The Morgan fingerprint density at radius 2 is 2.11 bits per heavy atom. The standard InChI is InChI=1S/C19H20N4O4S/c1-3-16-20-19(22-21-16)28-15(18(25)26)9-12-10-23(11-17(24)27-4-2)14-8-6-5-7-13(12)14/h5-10H,3-4,11H2,1-2H3,(H,25,26)(H,20,21,22)/p-1/b15-9-. The van der Waals surface area contributed by atoms with Gasteiger partial charge in [-0.2, -0.15) is 0 Å². The van der Waals surface area contributed by atoms with Crippen LogP contribution < -0.4 is 5.11 Å². The van der Waals surface area contributed by atoms with Gasteiger partial charge < -0.3 is 19.2 Å². The second kappa shape index (κ2) is 8.75. The van der Waals surface area contributed by atoms with E-state index in [1.54, 1.807) is 17.7 Å². The van der Waals surface area contributed by atoms with Gasteiger partial charge in [0.2, 0.25) is 5.16 Å². The van der Waals surface area contributed by atoms with Crippen molar-refractivity contribution < 1.29 is 19.4 Å². The van der Waals surface area contributed by atoms with Crippen LogP contribution in [0.2, 0.25) is 0 Å². The number of thioether (sulfide) groups is 1. The number of para-hydroxylation sites is 1. The Balaban J connectivity index is 1.97. The molecule has 0 atom stereocenters. The summed E-state index contributed by atoms with van der Waals surface area (Å²) in [6.07, 6.45) is 3.89. The fourth-order valence-electron chi connectivity index (χ4n) is 2.72. The molecule has 0 spiro atoms. The Labute approximate surface area is 165 Å². The molecule has 0 aliphatic rings. The fraction of sp³-hybridized carbons (Fsp3) is 0.263. The number of H-pyrrole nitrogens is 1. The number of nitrogens with zero attached hydrogens (tertiary/aromatic N) is 3. The number of carbonyl (C=O) groups is 2. The van der Waals surface area contributed by atoms with Crippen LogP contribution in [-0.2, 0) is 27.3 Å². The van der Waals surface area contributed by atoms with Crippen molar-refractivity contribution in [3.63, 3.8) is 0 Å². The topological polar surface area (TPSA) is 113 Å². The van der Waals surface area contributed by atoms with Crippen LogP contribution in [0.1, 0.15) is 25.2 Å². The van der Waals surface area contributed by atoms with Gasteiger partial charge in [-0.05, 0) is 30.8 Å². The molecule has 0 unspecified atom stereocenters. The van der Waals surface area contributed by atoms with Gasteiger partial charge in [0.1, 0.15) is 12.4 Å². The molecule has 0 aliphatic carbocycles. The first-order valence-corrected chi connectivity index (χ1v) is 9.59. The monoisotopic (exact) mass is 399 g/mol. The Bertz CT molecular complexity index is 1040. The zero-order chi connectivity index (χ0) is 20.1. The predicted octanol–water partition coefficient (Wildman–Crippen LogP) is 1.77. The van der Waals surface area contributed by atoms with Crippen molar-refractivity contribution in [3.05, 3.63) is 46.8 Å². The summed E-state index contributed by atoms with van der Waals surface area (Å²) in [5, 5.41) is 19.5. The smallest absolute Gasteiger partial charge is 0.325 e. The van der Waals surface area contributed by atoms with E-state index in [2.05, 4.69) is 15.2 Å². The summed E-state index contributed by atoms with van der Waals surface area (Å²) in [6.45, 7) is 4.00. The molecule has 0 amide bonds. The summed E-state index contributed by atoms with van der Waals surface area (Å²) in [5.41, 5.74) is 1.45. The number of aromatic nitrogens is 4. The first-order valence-electron chi connectivity index (χ1n) is 8.77. The molecule has 28 heavy (non-hydrogen) atoms. The van der Waals surface area contributed by atoms with E-state index in [-0.39, 0.29) is 17.4 Å². The SMILES string of the molecule is CCOC(=O)Cn1cc(/C=C(\Sc2n[nH]c(CC)n2)C(=O)[O-])c2ccccc21. The van der Waals surface area contributed by atoms with Crippen LogP contribution in [-0.4, -0.2) is 38.3 Å². The minimum atomic E-state index is -1.32. The molecule has 0 saturated heterocycles. The van der Waals surface area contributed by atoms with Crippen LogP contribution in [0.3, 0.4) is 0 Å². The molecule has 3 aromatic rings. The molecule has 2 aromatic heterocycles. The highest BCUT2D eigenvalue weighted by Gasteiger charge is 2.13. The number of hydrogen-bond donors (Lipinski definition) is 1. The number of carbonyl (C=O) groups excluding carboxylic acids is 2. The second-order valence-electron chi connectivity index (χ2n) is 5.85. The number of rotatable bonds is 8. The van der Waals surface area contributed by atoms with E-state index in [0.717, 1.165) is 22.7 Å². The van der Waals surface area contributed by atoms with E-state index in [1.807, 2.05) is 31.2 Å². The number of aliphatic carboxylic acids is 1. The number of aryl methyl sites for hydroxylation is 1. The van der Waals surface area contributed by atoms with E-state index in [4.69, 9.17) is 4.74 Å². The summed E-state index contributed by atoms with van der Waals surface area (Å²) < 4.78 is 6.75. The first kappa shape index (κ1) is 19.7. The van der Waals surface area contributed by atoms with Crippen molar-refractivity contribution in [1.29, 1.82) is 0 Å². The predicted molar refractivity (Wildman–Crippen MR) is 103 cm³/mol. The van der Waals surface area contributed by atoms with E-state index < -0.39 is 5.97 Å². The van der Waals surface area contributed by atoms with Gasteiger partial charge in [-0.3, -0.25) is 9.89 Å². The Hall–Kier alpha value is -3.07. The van der Waals surface area contributed by atoms with Gasteiger partial charge in [-0.25, -0.2) is 4.98 Å². The number of hydrogen-bond acceptors (Lipinski definition) is 7. The zero-order valence-corrected chi connectivity index (χ0v) is 16.3. The van der Waals surface area contributed by atoms with Gasteiger partial charge in [-0.15, -0.1) is 5.10 Å². The fourth-order valence-corrected chi connectivity index (χ4v) is 3.43. The number of esters is 1. The quantitative estimate of drug-likeness (QED) is 0.349. The van der Waals surface area contributed by atoms with Crippen LogP contribution in [0, 0.1) is 0 Å². The van der Waals surface area contributed by atoms with Crippen molar-refractivity contribution in [1.82, 2.24) is 19.7 Å². The third-order valence-corrected chi connectivity index (χ3v) is 4.83. The van der Waals surface area contributed by atoms with Crippen molar-refractivity contribution in [2.24, 2.45) is 0 Å². The molecule has 2 heterocycles. The third kappa shape index (κ3) is 4.42. The van der Waals surface area contributed by atoms with Crippen molar-refractivity contribution in [2.45, 2.75) is 32.0 Å². The van der Waals surface area contributed by atoms with Gasteiger partial charge in [-0.1, -0.05) is 25.1 Å². The Morgan fingerprint density at radius 3 is 2.79 bits per heavy atom. The van der Waals surface area contributed by atoms with Gasteiger partial charge >= 0.3 is 5.97 Å². The number of fused-ring (bicyclic) bond motifs is 1. The van der Waals surface area contributed by atoms with Gasteiger partial charge in [0.05, 0.1) is 12.6 Å². The molecule has 1 N–H and O–H groups in total. The highest BCUT2D eigenvalue weighted by Crippen LogP contribution is 2.29. The van der Waals surface area contributed by atoms with E-state index >= 15 is 0 Å². The van der Waals surface area contributed by atoms with Crippen molar-refractivity contribution >= 4 is 40.7 Å². The molecule has 0 radical (unpaired) electrons. The minimum absolute atomic E-state index is 0.0271. The molecule has 0 aliphatic heterocycles. The lowest BCUT2D eigenvalue weighted by Crippen LogP contribution is -2.23. The highest BCUT2D eigenvalue weighted by atomic mass is 32.2. The van der Waals surface area contributed by atoms with Gasteiger partial charge in [0.25, 0.3) is 0 Å². The zero-order valence-electron chi connectivity index (χ0n) is 15.5. The number of benzene rings is 1. The van der Waals surface area contributed by atoms with Crippen LogP contribution in [0.4, 0.5) is 0 Å². The van der Waals surface area contributed by atoms with E-state index in [9.17, 15) is 14.7 Å². The second-order valence-corrected chi connectivity index (χ2v) is 6.86. The lowest BCUT2D eigenvalue weighted by Gasteiger charge is -2.05. The number of carboxylic acid groups (broad SMARTS) is 1. The molecular weight excluding hydrogens is 380 g/mol. The van der Waals surface area contributed by atoms with E-state index in [0.29, 0.717) is 29.6 Å². The van der Waals surface area contributed by atoms with Gasteiger partial charge in [0, 0.05) is 34.0 Å². The number of ether oxygens (including phenoxy) is 1. The molecule has 146 valence electrons. The summed E-state index contributed by atoms with van der Waals surface area (Å²) in [7, 11) is 0. The average molecular weight is 399 g/mol. The number of nitrogens with one attached hydrogen (secondary N) is 1. The van der Waals surface area contributed by atoms with Gasteiger partial charge in [0.15, 0.2) is 0 Å².